The lowest BCUT2D eigenvalue weighted by molar-refractivity contribution is -0.138. The van der Waals surface area contributed by atoms with Gasteiger partial charge in [0.05, 0.1) is 10.6 Å². The first-order valence-corrected chi connectivity index (χ1v) is 7.55. The quantitative estimate of drug-likeness (QED) is 0.610. The molecule has 0 aliphatic heterocycles. The molecule has 1 unspecified atom stereocenters. The lowest BCUT2D eigenvalue weighted by atomic mass is 9.86. The number of alkyl halides is 3. The number of hydrogen-bond donors (Lipinski definition) is 0. The van der Waals surface area contributed by atoms with Gasteiger partial charge in [-0.05, 0) is 30.2 Å². The maximum atomic E-state index is 13.4. The zero-order valence-electron chi connectivity index (χ0n) is 11.8. The van der Waals surface area contributed by atoms with Gasteiger partial charge in [-0.1, -0.05) is 40.9 Å². The first kappa shape index (κ1) is 17.5. The van der Waals surface area contributed by atoms with Gasteiger partial charge in [0.25, 0.3) is 0 Å². The van der Waals surface area contributed by atoms with E-state index in [1.165, 1.54) is 12.1 Å². The van der Waals surface area contributed by atoms with Gasteiger partial charge in [-0.25, -0.2) is 0 Å². The molecule has 0 aromatic heterocycles. The molecule has 0 spiro atoms. The van der Waals surface area contributed by atoms with Crippen molar-refractivity contribution in [1.29, 1.82) is 0 Å². The lowest BCUT2D eigenvalue weighted by Crippen LogP contribution is -2.20. The molecule has 0 fully saturated rings. The van der Waals surface area contributed by atoms with Gasteiger partial charge in [-0.3, -0.25) is 0 Å². The Hall–Kier alpha value is -0.840. The number of benzene rings is 1. The highest BCUT2D eigenvalue weighted by Gasteiger charge is 2.38. The van der Waals surface area contributed by atoms with E-state index in [-0.39, 0.29) is 22.0 Å². The van der Waals surface area contributed by atoms with Crippen molar-refractivity contribution in [3.8, 4) is 0 Å². The van der Waals surface area contributed by atoms with Crippen molar-refractivity contribution in [2.24, 2.45) is 0 Å². The predicted molar refractivity (Wildman–Crippen MR) is 85.8 cm³/mol. The molecule has 1 aromatic rings. The number of rotatable bonds is 2. The second-order valence-electron chi connectivity index (χ2n) is 5.17. The Bertz CT molecular complexity index is 648. The summed E-state index contributed by atoms with van der Waals surface area (Å²) in [6.07, 6.45) is -2.84. The molecule has 1 aliphatic carbocycles. The highest BCUT2D eigenvalue weighted by Crippen LogP contribution is 2.48. The van der Waals surface area contributed by atoms with Gasteiger partial charge in [-0.2, -0.15) is 13.2 Å². The molecule has 1 aliphatic rings. The van der Waals surface area contributed by atoms with Crippen LogP contribution < -0.4 is 4.90 Å². The average molecular weight is 371 g/mol. The van der Waals surface area contributed by atoms with E-state index in [1.54, 1.807) is 25.1 Å². The third-order valence-electron chi connectivity index (χ3n) is 3.44. The molecular weight excluding hydrogens is 358 g/mol. The molecule has 7 heteroatoms. The fourth-order valence-corrected chi connectivity index (χ4v) is 3.33. The summed E-state index contributed by atoms with van der Waals surface area (Å²) in [5.41, 5.74) is -0.194. The molecule has 0 bridgehead atoms. The minimum atomic E-state index is -4.49. The molecule has 22 heavy (non-hydrogen) atoms. The van der Waals surface area contributed by atoms with E-state index in [9.17, 15) is 13.2 Å². The SMILES string of the molecule is CN(C)c1cccc(C(F)(F)F)c1C1CC(Cl)=CC(Cl)=C1Cl. The Morgan fingerprint density at radius 2 is 1.77 bits per heavy atom. The molecule has 0 N–H and O–H groups in total. The highest BCUT2D eigenvalue weighted by molar-refractivity contribution is 6.42. The molecule has 2 rings (SSSR count). The van der Waals surface area contributed by atoms with Gasteiger partial charge in [0.1, 0.15) is 0 Å². The van der Waals surface area contributed by atoms with Crippen molar-refractivity contribution in [1.82, 2.24) is 0 Å². The second kappa shape index (κ2) is 6.34. The molecule has 0 heterocycles. The highest BCUT2D eigenvalue weighted by atomic mass is 35.5. The summed E-state index contributed by atoms with van der Waals surface area (Å²) in [6, 6.07) is 4.04. The van der Waals surface area contributed by atoms with Crippen LogP contribution in [0.4, 0.5) is 18.9 Å². The van der Waals surface area contributed by atoms with Crippen molar-refractivity contribution in [3.05, 3.63) is 50.5 Å². The third-order valence-corrected chi connectivity index (χ3v) is 4.58. The zero-order chi connectivity index (χ0) is 16.7. The third kappa shape index (κ3) is 3.39. The smallest absolute Gasteiger partial charge is 0.377 e. The van der Waals surface area contributed by atoms with E-state index in [1.807, 2.05) is 0 Å². The number of allylic oxidation sites excluding steroid dienone is 4. The van der Waals surface area contributed by atoms with Crippen molar-refractivity contribution >= 4 is 40.5 Å². The van der Waals surface area contributed by atoms with E-state index >= 15 is 0 Å². The number of halogens is 6. The molecular formula is C15H13Cl3F3N. The van der Waals surface area contributed by atoms with Gasteiger partial charge in [0, 0.05) is 35.8 Å². The molecule has 1 atom stereocenters. The van der Waals surface area contributed by atoms with E-state index in [2.05, 4.69) is 0 Å². The predicted octanol–water partition coefficient (Wildman–Crippen LogP) is 6.07. The number of hydrogen-bond acceptors (Lipinski definition) is 1. The fraction of sp³-hybridized carbons (Fsp3) is 0.333. The van der Waals surface area contributed by atoms with Crippen LogP contribution in [0.3, 0.4) is 0 Å². The van der Waals surface area contributed by atoms with E-state index in [0.717, 1.165) is 6.07 Å². The van der Waals surface area contributed by atoms with Crippen molar-refractivity contribution < 1.29 is 13.2 Å². The average Bonchev–Trinajstić information content (AvgIpc) is 2.41. The van der Waals surface area contributed by atoms with Gasteiger partial charge in [0.15, 0.2) is 0 Å². The largest absolute Gasteiger partial charge is 0.416 e. The Labute approximate surface area is 141 Å². The molecule has 0 radical (unpaired) electrons. The summed E-state index contributed by atoms with van der Waals surface area (Å²) in [7, 11) is 3.36. The Kier molecular flexibility index (Phi) is 5.05. The summed E-state index contributed by atoms with van der Waals surface area (Å²) < 4.78 is 40.2. The van der Waals surface area contributed by atoms with Crippen LogP contribution in [0, 0.1) is 0 Å². The molecule has 0 saturated heterocycles. The summed E-state index contributed by atoms with van der Waals surface area (Å²) >= 11 is 18.2. The summed E-state index contributed by atoms with van der Waals surface area (Å²) in [5, 5.41) is 0.719. The van der Waals surface area contributed by atoms with Gasteiger partial charge < -0.3 is 4.90 Å². The maximum absolute atomic E-state index is 13.4. The van der Waals surface area contributed by atoms with Crippen molar-refractivity contribution in [2.75, 3.05) is 19.0 Å². The van der Waals surface area contributed by atoms with E-state index < -0.39 is 17.7 Å². The minimum absolute atomic E-state index is 0.0920. The van der Waals surface area contributed by atoms with Gasteiger partial charge in [-0.15, -0.1) is 0 Å². The normalized spacial score (nSPS) is 19.3. The minimum Gasteiger partial charge on any atom is -0.377 e. The van der Waals surface area contributed by atoms with Crippen LogP contribution in [0.15, 0.2) is 39.4 Å². The van der Waals surface area contributed by atoms with Crippen LogP contribution in [0.25, 0.3) is 0 Å². The summed E-state index contributed by atoms with van der Waals surface area (Å²) in [6.45, 7) is 0. The number of nitrogens with zero attached hydrogens (tertiary/aromatic N) is 1. The van der Waals surface area contributed by atoms with Gasteiger partial charge in [0.2, 0.25) is 0 Å². The van der Waals surface area contributed by atoms with Crippen LogP contribution in [-0.4, -0.2) is 14.1 Å². The molecule has 0 saturated carbocycles. The fourth-order valence-electron chi connectivity index (χ4n) is 2.50. The summed E-state index contributed by atoms with van der Waals surface area (Å²) in [5.74, 6) is -0.720. The Morgan fingerprint density at radius 3 is 2.32 bits per heavy atom. The molecule has 120 valence electrons. The Balaban J connectivity index is 2.71. The molecule has 0 amide bonds. The topological polar surface area (TPSA) is 3.24 Å². The summed E-state index contributed by atoms with van der Waals surface area (Å²) in [4.78, 5) is 1.62. The van der Waals surface area contributed by atoms with Gasteiger partial charge >= 0.3 is 6.18 Å². The van der Waals surface area contributed by atoms with Crippen LogP contribution in [-0.2, 0) is 6.18 Å². The molecule has 1 aromatic carbocycles. The maximum Gasteiger partial charge on any atom is 0.416 e. The van der Waals surface area contributed by atoms with Crippen molar-refractivity contribution in [2.45, 2.75) is 18.5 Å². The standard InChI is InChI=1S/C15H13Cl3F3N/c1-22(2)12-5-3-4-10(15(19,20)21)13(12)9-6-8(16)7-11(17)14(9)18/h3-5,7,9H,6H2,1-2H3. The van der Waals surface area contributed by atoms with Crippen molar-refractivity contribution in [3.63, 3.8) is 0 Å². The number of anilines is 1. The monoisotopic (exact) mass is 369 g/mol. The van der Waals surface area contributed by atoms with Crippen LogP contribution in [0.1, 0.15) is 23.5 Å². The first-order valence-electron chi connectivity index (χ1n) is 6.41. The van der Waals surface area contributed by atoms with Crippen LogP contribution in [0.5, 0.6) is 0 Å². The first-order chi connectivity index (χ1) is 10.1. The zero-order valence-corrected chi connectivity index (χ0v) is 14.1. The lowest BCUT2D eigenvalue weighted by Gasteiger charge is -2.29. The Morgan fingerprint density at radius 1 is 1.14 bits per heavy atom. The van der Waals surface area contributed by atoms with Crippen LogP contribution >= 0.6 is 34.8 Å². The van der Waals surface area contributed by atoms with E-state index in [0.29, 0.717) is 10.7 Å². The van der Waals surface area contributed by atoms with E-state index in [4.69, 9.17) is 34.8 Å². The molecule has 1 nitrogen and oxygen atoms in total. The second-order valence-corrected chi connectivity index (χ2v) is 6.47. The van der Waals surface area contributed by atoms with Crippen LogP contribution in [0.2, 0.25) is 0 Å².